The molecule has 2 aromatic carbocycles. The maximum Gasteiger partial charge on any atom is 0.234 e. The number of amides is 1. The van der Waals surface area contributed by atoms with Crippen LogP contribution < -0.4 is 10.6 Å². The Kier molecular flexibility index (Phi) is 4.94. The monoisotopic (exact) mass is 414 g/mol. The van der Waals surface area contributed by atoms with Crippen LogP contribution in [-0.4, -0.2) is 15.7 Å². The number of aromatic nitrogens is 2. The molecule has 2 aliphatic rings. The largest absolute Gasteiger partial charge is 0.325 e. The second kappa shape index (κ2) is 7.65. The third kappa shape index (κ3) is 3.57. The Labute approximate surface area is 183 Å². The Morgan fingerprint density at radius 2 is 2.03 bits per heavy atom. The highest BCUT2D eigenvalue weighted by Crippen LogP contribution is 2.39. The third-order valence-corrected chi connectivity index (χ3v) is 6.92. The molecule has 2 unspecified atom stereocenters. The summed E-state index contributed by atoms with van der Waals surface area (Å²) in [6.45, 7) is 7.01. The van der Waals surface area contributed by atoms with E-state index in [-0.39, 0.29) is 11.9 Å². The van der Waals surface area contributed by atoms with E-state index in [4.69, 9.17) is 5.10 Å². The molecule has 2 heterocycles. The number of rotatable bonds is 5. The van der Waals surface area contributed by atoms with Crippen molar-refractivity contribution in [1.29, 1.82) is 0 Å². The van der Waals surface area contributed by atoms with Crippen LogP contribution in [0.4, 0.5) is 5.69 Å². The van der Waals surface area contributed by atoms with E-state index in [9.17, 15) is 4.79 Å². The van der Waals surface area contributed by atoms with E-state index in [1.807, 2.05) is 19.9 Å². The molecule has 1 aliphatic carbocycles. The van der Waals surface area contributed by atoms with E-state index in [0.29, 0.717) is 6.04 Å². The molecule has 5 heteroatoms. The minimum absolute atomic E-state index is 0.0722. The average molecular weight is 415 g/mol. The Balaban J connectivity index is 1.35. The van der Waals surface area contributed by atoms with Crippen molar-refractivity contribution in [3.63, 3.8) is 0 Å². The molecule has 0 fully saturated rings. The van der Waals surface area contributed by atoms with Gasteiger partial charge in [0.05, 0.1) is 18.2 Å². The van der Waals surface area contributed by atoms with E-state index in [2.05, 4.69) is 70.9 Å². The maximum atomic E-state index is 12.3. The van der Waals surface area contributed by atoms with Gasteiger partial charge in [0.2, 0.25) is 5.91 Å². The van der Waals surface area contributed by atoms with Gasteiger partial charge in [0.1, 0.15) is 0 Å². The number of nitrogens with one attached hydrogen (secondary N) is 2. The summed E-state index contributed by atoms with van der Waals surface area (Å²) < 4.78 is 2.17. The number of benzene rings is 2. The van der Waals surface area contributed by atoms with E-state index < -0.39 is 5.41 Å². The molecule has 2 atom stereocenters. The molecular formula is C26H30N4O. The van der Waals surface area contributed by atoms with Gasteiger partial charge in [-0.25, -0.2) is 0 Å². The van der Waals surface area contributed by atoms with Crippen LogP contribution in [0.1, 0.15) is 73.6 Å². The summed E-state index contributed by atoms with van der Waals surface area (Å²) in [5.74, 6) is 0.0722. The molecular weight excluding hydrogens is 384 g/mol. The standard InChI is InChI=1S/C26H30N4O/c1-17(19-12-13-23-21(14-19)26(2,3)25(31)29-23)28-22-10-7-11-24-20(22)15-27-30(24)16-18-8-5-4-6-9-18/h4-6,8-9,12-15,17,22,28H,7,10-11,16H2,1-3H3,(H,29,31). The molecule has 0 saturated heterocycles. The second-order valence-electron chi connectivity index (χ2n) is 9.41. The first-order valence-electron chi connectivity index (χ1n) is 11.2. The molecule has 5 nitrogen and oxygen atoms in total. The first-order chi connectivity index (χ1) is 14.9. The van der Waals surface area contributed by atoms with Gasteiger partial charge in [-0.15, -0.1) is 0 Å². The summed E-state index contributed by atoms with van der Waals surface area (Å²) in [6.07, 6.45) is 5.41. The quantitative estimate of drug-likeness (QED) is 0.625. The fraction of sp³-hybridized carbons (Fsp3) is 0.385. The summed E-state index contributed by atoms with van der Waals surface area (Å²) >= 11 is 0. The van der Waals surface area contributed by atoms with Crippen molar-refractivity contribution < 1.29 is 4.79 Å². The van der Waals surface area contributed by atoms with Crippen molar-refractivity contribution in [2.24, 2.45) is 0 Å². The molecule has 160 valence electrons. The van der Waals surface area contributed by atoms with Crippen LogP contribution in [0.15, 0.2) is 54.7 Å². The predicted molar refractivity (Wildman–Crippen MR) is 123 cm³/mol. The number of hydrogen-bond acceptors (Lipinski definition) is 3. The van der Waals surface area contributed by atoms with Crippen LogP contribution in [-0.2, 0) is 23.2 Å². The molecule has 0 bridgehead atoms. The molecule has 1 aromatic heterocycles. The smallest absolute Gasteiger partial charge is 0.234 e. The Morgan fingerprint density at radius 3 is 2.84 bits per heavy atom. The first-order valence-corrected chi connectivity index (χ1v) is 11.2. The second-order valence-corrected chi connectivity index (χ2v) is 9.41. The van der Waals surface area contributed by atoms with Crippen LogP contribution in [0.3, 0.4) is 0 Å². The highest BCUT2D eigenvalue weighted by Gasteiger charge is 2.38. The molecule has 2 N–H and O–H groups in total. The van der Waals surface area contributed by atoms with Crippen molar-refractivity contribution in [3.8, 4) is 0 Å². The zero-order valence-corrected chi connectivity index (χ0v) is 18.5. The number of hydrogen-bond donors (Lipinski definition) is 2. The average Bonchev–Trinajstić information content (AvgIpc) is 3.27. The lowest BCUT2D eigenvalue weighted by molar-refractivity contribution is -0.119. The maximum absolute atomic E-state index is 12.3. The van der Waals surface area contributed by atoms with Gasteiger partial charge in [-0.1, -0.05) is 42.5 Å². The van der Waals surface area contributed by atoms with Crippen molar-refractivity contribution in [3.05, 3.63) is 82.7 Å². The van der Waals surface area contributed by atoms with Crippen LogP contribution in [0.2, 0.25) is 0 Å². The SMILES string of the molecule is CC(NC1CCCc2c1cnn2Cc1ccccc1)c1ccc2c(c1)C(C)(C)C(=O)N2. The van der Waals surface area contributed by atoms with Gasteiger partial charge < -0.3 is 10.6 Å². The summed E-state index contributed by atoms with van der Waals surface area (Å²) in [5, 5.41) is 11.6. The van der Waals surface area contributed by atoms with Crippen LogP contribution in [0, 0.1) is 0 Å². The van der Waals surface area contributed by atoms with E-state index in [0.717, 1.165) is 37.1 Å². The zero-order chi connectivity index (χ0) is 21.6. The summed E-state index contributed by atoms with van der Waals surface area (Å²) in [7, 11) is 0. The molecule has 0 spiro atoms. The Bertz CT molecular complexity index is 1120. The van der Waals surface area contributed by atoms with Crippen LogP contribution >= 0.6 is 0 Å². The van der Waals surface area contributed by atoms with Gasteiger partial charge in [0.15, 0.2) is 0 Å². The van der Waals surface area contributed by atoms with Crippen molar-refractivity contribution in [2.45, 2.75) is 64.1 Å². The van der Waals surface area contributed by atoms with Gasteiger partial charge in [-0.05, 0) is 62.8 Å². The minimum atomic E-state index is -0.484. The fourth-order valence-electron chi connectivity index (χ4n) is 4.94. The van der Waals surface area contributed by atoms with Crippen molar-refractivity contribution in [2.75, 3.05) is 5.32 Å². The summed E-state index contributed by atoms with van der Waals surface area (Å²) in [5.41, 5.74) is 6.71. The number of anilines is 1. The molecule has 5 rings (SSSR count). The molecule has 3 aromatic rings. The van der Waals surface area contributed by atoms with E-state index >= 15 is 0 Å². The van der Waals surface area contributed by atoms with Gasteiger partial charge >= 0.3 is 0 Å². The molecule has 1 amide bonds. The number of nitrogens with zero attached hydrogens (tertiary/aromatic N) is 2. The fourth-order valence-corrected chi connectivity index (χ4v) is 4.94. The zero-order valence-electron chi connectivity index (χ0n) is 18.5. The first kappa shape index (κ1) is 20.0. The number of carbonyl (C=O) groups excluding carboxylic acids is 1. The van der Waals surface area contributed by atoms with Gasteiger partial charge in [-0.3, -0.25) is 9.48 Å². The summed E-state index contributed by atoms with van der Waals surface area (Å²) in [4.78, 5) is 12.3. The highest BCUT2D eigenvalue weighted by molar-refractivity contribution is 6.05. The predicted octanol–water partition coefficient (Wildman–Crippen LogP) is 4.89. The third-order valence-electron chi connectivity index (χ3n) is 6.92. The molecule has 0 saturated carbocycles. The Morgan fingerprint density at radius 1 is 1.23 bits per heavy atom. The lowest BCUT2D eigenvalue weighted by atomic mass is 9.84. The topological polar surface area (TPSA) is 59.0 Å². The minimum Gasteiger partial charge on any atom is -0.325 e. The Hall–Kier alpha value is -2.92. The van der Waals surface area contributed by atoms with Crippen molar-refractivity contribution >= 4 is 11.6 Å². The number of carbonyl (C=O) groups is 1. The lowest BCUT2D eigenvalue weighted by Gasteiger charge is -2.28. The summed E-state index contributed by atoms with van der Waals surface area (Å²) in [6, 6.07) is 17.4. The van der Waals surface area contributed by atoms with Crippen molar-refractivity contribution in [1.82, 2.24) is 15.1 Å². The normalized spacial score (nSPS) is 20.1. The van der Waals surface area contributed by atoms with Crippen LogP contribution in [0.25, 0.3) is 0 Å². The van der Waals surface area contributed by atoms with Crippen LogP contribution in [0.5, 0.6) is 0 Å². The van der Waals surface area contributed by atoms with E-state index in [1.165, 1.54) is 22.4 Å². The van der Waals surface area contributed by atoms with Gasteiger partial charge in [0.25, 0.3) is 0 Å². The molecule has 31 heavy (non-hydrogen) atoms. The van der Waals surface area contributed by atoms with Gasteiger partial charge in [-0.2, -0.15) is 5.10 Å². The van der Waals surface area contributed by atoms with Gasteiger partial charge in [0, 0.05) is 29.0 Å². The lowest BCUT2D eigenvalue weighted by Crippen LogP contribution is -2.29. The molecule has 1 aliphatic heterocycles. The highest BCUT2D eigenvalue weighted by atomic mass is 16.2. The number of fused-ring (bicyclic) bond motifs is 2. The van der Waals surface area contributed by atoms with E-state index in [1.54, 1.807) is 0 Å². The molecule has 0 radical (unpaired) electrons.